The average Bonchev–Trinajstić information content (AvgIpc) is 3.06. The van der Waals surface area contributed by atoms with Crippen molar-refractivity contribution in [1.82, 2.24) is 0 Å². The van der Waals surface area contributed by atoms with Gasteiger partial charge in [-0.15, -0.1) is 0 Å². The third-order valence-electron chi connectivity index (χ3n) is 6.46. The Morgan fingerprint density at radius 3 is 2.65 bits per heavy atom. The molecule has 3 atom stereocenters. The summed E-state index contributed by atoms with van der Waals surface area (Å²) in [4.78, 5) is 2.42. The van der Waals surface area contributed by atoms with E-state index in [4.69, 9.17) is 4.74 Å². The molecule has 2 aliphatic rings. The van der Waals surface area contributed by atoms with Gasteiger partial charge in [0.2, 0.25) is 0 Å². The van der Waals surface area contributed by atoms with Crippen LogP contribution in [0.2, 0.25) is 0 Å². The van der Waals surface area contributed by atoms with E-state index in [-0.39, 0.29) is 0 Å². The van der Waals surface area contributed by atoms with Crippen LogP contribution in [0.5, 0.6) is 5.75 Å². The summed E-state index contributed by atoms with van der Waals surface area (Å²) in [5, 5.41) is 0. The smallest absolute Gasteiger partial charge is 0.122 e. The Labute approximate surface area is 158 Å². The second-order valence-electron chi connectivity index (χ2n) is 8.59. The normalized spacial score (nSPS) is 22.7. The van der Waals surface area contributed by atoms with Crippen molar-refractivity contribution >= 4 is 5.69 Å². The van der Waals surface area contributed by atoms with Gasteiger partial charge < -0.3 is 9.64 Å². The summed E-state index contributed by atoms with van der Waals surface area (Å²) in [5.74, 6) is 3.55. The van der Waals surface area contributed by atoms with Crippen molar-refractivity contribution in [2.45, 2.75) is 45.4 Å². The molecule has 0 radical (unpaired) electrons. The van der Waals surface area contributed by atoms with Crippen LogP contribution >= 0.6 is 0 Å². The fraction of sp³-hybridized carbons (Fsp3) is 0.500. The fourth-order valence-corrected chi connectivity index (χ4v) is 4.85. The zero-order valence-electron chi connectivity index (χ0n) is 16.5. The maximum atomic E-state index is 5.92. The predicted molar refractivity (Wildman–Crippen MR) is 109 cm³/mol. The Bertz CT molecular complexity index is 782. The highest BCUT2D eigenvalue weighted by Crippen LogP contribution is 2.42. The molecule has 2 nitrogen and oxygen atoms in total. The molecule has 2 aromatic rings. The van der Waals surface area contributed by atoms with E-state index in [2.05, 4.69) is 75.2 Å². The predicted octanol–water partition coefficient (Wildman–Crippen LogP) is 5.62. The Balaban J connectivity index is 1.57. The van der Waals surface area contributed by atoms with E-state index in [0.29, 0.717) is 23.7 Å². The maximum Gasteiger partial charge on any atom is 0.122 e. The Hall–Kier alpha value is -1.96. The van der Waals surface area contributed by atoms with E-state index in [1.54, 1.807) is 5.56 Å². The van der Waals surface area contributed by atoms with Gasteiger partial charge in [0.05, 0.1) is 6.61 Å². The molecule has 0 spiro atoms. The van der Waals surface area contributed by atoms with Gasteiger partial charge in [-0.2, -0.15) is 0 Å². The van der Waals surface area contributed by atoms with Gasteiger partial charge in [0.1, 0.15) is 5.75 Å². The number of hydrogen-bond acceptors (Lipinski definition) is 2. The summed E-state index contributed by atoms with van der Waals surface area (Å²) in [6.45, 7) is 9.09. The number of para-hydroxylation sites is 1. The van der Waals surface area contributed by atoms with E-state index in [1.807, 2.05) is 0 Å². The van der Waals surface area contributed by atoms with Crippen LogP contribution in [0.25, 0.3) is 0 Å². The van der Waals surface area contributed by atoms with Crippen molar-refractivity contribution in [3.63, 3.8) is 0 Å². The van der Waals surface area contributed by atoms with Crippen LogP contribution in [0.15, 0.2) is 42.5 Å². The lowest BCUT2D eigenvalue weighted by Crippen LogP contribution is -2.29. The number of nitrogens with zero attached hydrogens (tertiary/aromatic N) is 1. The van der Waals surface area contributed by atoms with E-state index in [0.717, 1.165) is 18.8 Å². The molecule has 0 saturated carbocycles. The molecule has 4 rings (SSSR count). The fourth-order valence-electron chi connectivity index (χ4n) is 4.85. The molecule has 2 aromatic carbocycles. The lowest BCUT2D eigenvalue weighted by Gasteiger charge is -2.35. The number of anilines is 1. The zero-order valence-corrected chi connectivity index (χ0v) is 16.5. The number of fused-ring (bicyclic) bond motifs is 2. The van der Waals surface area contributed by atoms with Crippen LogP contribution in [-0.4, -0.2) is 20.2 Å². The third kappa shape index (κ3) is 3.11. The topological polar surface area (TPSA) is 12.5 Å². The summed E-state index contributed by atoms with van der Waals surface area (Å²) >= 11 is 0. The van der Waals surface area contributed by atoms with Gasteiger partial charge >= 0.3 is 0 Å². The lowest BCUT2D eigenvalue weighted by molar-refractivity contribution is 0.296. The van der Waals surface area contributed by atoms with Gasteiger partial charge in [-0.3, -0.25) is 0 Å². The van der Waals surface area contributed by atoms with Gasteiger partial charge in [0, 0.05) is 30.8 Å². The number of rotatable bonds is 4. The Morgan fingerprint density at radius 2 is 1.85 bits per heavy atom. The second-order valence-corrected chi connectivity index (χ2v) is 8.59. The first-order valence-electron chi connectivity index (χ1n) is 10.1. The molecule has 26 heavy (non-hydrogen) atoms. The van der Waals surface area contributed by atoms with E-state index >= 15 is 0 Å². The van der Waals surface area contributed by atoms with Gasteiger partial charge in [-0.25, -0.2) is 0 Å². The summed E-state index contributed by atoms with van der Waals surface area (Å²) in [5.41, 5.74) is 5.85. The van der Waals surface area contributed by atoms with Gasteiger partial charge in [0.25, 0.3) is 0 Å². The number of hydrogen-bond donors (Lipinski definition) is 0. The summed E-state index contributed by atoms with van der Waals surface area (Å²) < 4.78 is 5.92. The van der Waals surface area contributed by atoms with Crippen LogP contribution in [0.4, 0.5) is 5.69 Å². The van der Waals surface area contributed by atoms with Crippen molar-refractivity contribution in [2.24, 2.45) is 11.8 Å². The minimum atomic E-state index is 0.505. The van der Waals surface area contributed by atoms with Crippen molar-refractivity contribution in [1.29, 1.82) is 0 Å². The SMILES string of the molecule is CC(C)C1CCN(C)c2ccc(CC(C)C3COc4ccccc43)cc21. The van der Waals surface area contributed by atoms with Crippen LogP contribution in [0.1, 0.15) is 55.7 Å². The molecule has 2 heteroatoms. The molecular weight excluding hydrogens is 318 g/mol. The highest BCUT2D eigenvalue weighted by Gasteiger charge is 2.30. The van der Waals surface area contributed by atoms with Crippen LogP contribution in [0, 0.1) is 11.8 Å². The molecule has 0 aromatic heterocycles. The minimum absolute atomic E-state index is 0.505. The molecule has 0 N–H and O–H groups in total. The Kier molecular flexibility index (Phi) is 4.69. The molecule has 0 fully saturated rings. The van der Waals surface area contributed by atoms with Crippen LogP contribution in [0.3, 0.4) is 0 Å². The zero-order chi connectivity index (χ0) is 18.3. The largest absolute Gasteiger partial charge is 0.493 e. The molecular formula is C24H31NO. The molecule has 0 aliphatic carbocycles. The molecule has 138 valence electrons. The lowest BCUT2D eigenvalue weighted by atomic mass is 9.79. The van der Waals surface area contributed by atoms with Crippen molar-refractivity contribution in [3.8, 4) is 5.75 Å². The molecule has 2 aliphatic heterocycles. The highest BCUT2D eigenvalue weighted by atomic mass is 16.5. The van der Waals surface area contributed by atoms with E-state index in [1.165, 1.54) is 29.8 Å². The first-order chi connectivity index (χ1) is 12.5. The van der Waals surface area contributed by atoms with E-state index < -0.39 is 0 Å². The van der Waals surface area contributed by atoms with Crippen molar-refractivity contribution in [3.05, 3.63) is 59.2 Å². The first-order valence-corrected chi connectivity index (χ1v) is 10.1. The second kappa shape index (κ2) is 6.98. The molecule has 0 bridgehead atoms. The minimum Gasteiger partial charge on any atom is -0.493 e. The monoisotopic (exact) mass is 349 g/mol. The van der Waals surface area contributed by atoms with Crippen LogP contribution in [-0.2, 0) is 6.42 Å². The molecule has 2 heterocycles. The highest BCUT2D eigenvalue weighted by molar-refractivity contribution is 5.58. The quantitative estimate of drug-likeness (QED) is 0.710. The Morgan fingerprint density at radius 1 is 1.04 bits per heavy atom. The summed E-state index contributed by atoms with van der Waals surface area (Å²) in [6, 6.07) is 15.7. The summed E-state index contributed by atoms with van der Waals surface area (Å²) in [7, 11) is 2.23. The maximum absolute atomic E-state index is 5.92. The number of benzene rings is 2. The standard InChI is InChI=1S/C24H31NO/c1-16(2)19-11-12-25(4)23-10-9-18(14-21(19)23)13-17(3)22-15-26-24-8-6-5-7-20(22)24/h5-10,14,16-17,19,22H,11-13,15H2,1-4H3. The average molecular weight is 350 g/mol. The van der Waals surface area contributed by atoms with Gasteiger partial charge in [-0.1, -0.05) is 51.1 Å². The first kappa shape index (κ1) is 17.5. The number of ether oxygens (including phenoxy) is 1. The van der Waals surface area contributed by atoms with Gasteiger partial charge in [-0.05, 0) is 53.9 Å². The molecule has 0 saturated heterocycles. The van der Waals surface area contributed by atoms with Crippen molar-refractivity contribution < 1.29 is 4.74 Å². The van der Waals surface area contributed by atoms with E-state index in [9.17, 15) is 0 Å². The molecule has 0 amide bonds. The summed E-state index contributed by atoms with van der Waals surface area (Å²) in [6.07, 6.45) is 2.38. The van der Waals surface area contributed by atoms with Gasteiger partial charge in [0.15, 0.2) is 0 Å². The van der Waals surface area contributed by atoms with Crippen LogP contribution < -0.4 is 9.64 Å². The third-order valence-corrected chi connectivity index (χ3v) is 6.46. The molecule has 3 unspecified atom stereocenters. The van der Waals surface area contributed by atoms with Crippen molar-refractivity contribution in [2.75, 3.05) is 25.1 Å².